The van der Waals surface area contributed by atoms with E-state index in [1.165, 1.54) is 6.92 Å². The number of para-hydroxylation sites is 1. The number of hydrogen-bond acceptors (Lipinski definition) is 9. The number of hydrogen-bond donors (Lipinski definition) is 1. The van der Waals surface area contributed by atoms with Gasteiger partial charge in [0.1, 0.15) is 5.75 Å². The Morgan fingerprint density at radius 1 is 1.03 bits per heavy atom. The molecule has 12 heteroatoms. The number of ketones is 1. The van der Waals surface area contributed by atoms with Crippen molar-refractivity contribution in [2.75, 3.05) is 11.1 Å². The Morgan fingerprint density at radius 2 is 1.72 bits per heavy atom. The predicted octanol–water partition coefficient (Wildman–Crippen LogP) is 4.25. The summed E-state index contributed by atoms with van der Waals surface area (Å²) in [6, 6.07) is 15.8. The van der Waals surface area contributed by atoms with Crippen molar-refractivity contribution in [3.63, 3.8) is 0 Å². The number of aryl methyl sites for hydroxylation is 2. The number of nitrogens with one attached hydrogen (secondary N) is 1. The van der Waals surface area contributed by atoms with Gasteiger partial charge in [-0.3, -0.25) is 14.2 Å². The maximum atomic E-state index is 13.1. The van der Waals surface area contributed by atoms with Crippen molar-refractivity contribution in [3.05, 3.63) is 76.6 Å². The number of amides is 1. The zero-order valence-corrected chi connectivity index (χ0v) is 22.2. The van der Waals surface area contributed by atoms with Crippen molar-refractivity contribution in [2.45, 2.75) is 36.6 Å². The maximum Gasteiger partial charge on any atom is 0.236 e. The number of carbonyl (C=O) groups excluding carboxylic acids is 2. The summed E-state index contributed by atoms with van der Waals surface area (Å²) in [6.45, 7) is 5.06. The van der Waals surface area contributed by atoms with Crippen molar-refractivity contribution in [3.8, 4) is 5.69 Å². The highest BCUT2D eigenvalue weighted by atomic mass is 32.2. The van der Waals surface area contributed by atoms with Gasteiger partial charge in [0.15, 0.2) is 31.7 Å². The molecule has 0 saturated heterocycles. The molecule has 0 spiro atoms. The molecular formula is C24H23N5O4S3. The molecule has 0 fully saturated rings. The zero-order valence-electron chi connectivity index (χ0n) is 19.8. The van der Waals surface area contributed by atoms with Gasteiger partial charge in [-0.05, 0) is 38.1 Å². The summed E-state index contributed by atoms with van der Waals surface area (Å²) in [4.78, 5) is 29.1. The number of benzene rings is 2. The molecule has 186 valence electrons. The molecule has 1 amide bonds. The van der Waals surface area contributed by atoms with E-state index in [4.69, 9.17) is 0 Å². The van der Waals surface area contributed by atoms with Crippen LogP contribution in [0.5, 0.6) is 0 Å². The molecule has 0 aliphatic rings. The molecule has 4 rings (SSSR count). The Hall–Kier alpha value is -3.35. The van der Waals surface area contributed by atoms with Crippen LogP contribution in [0, 0.1) is 13.8 Å². The second kappa shape index (κ2) is 10.7. The quantitative estimate of drug-likeness (QED) is 0.246. The van der Waals surface area contributed by atoms with E-state index < -0.39 is 9.84 Å². The Bertz CT molecular complexity index is 1510. The summed E-state index contributed by atoms with van der Waals surface area (Å²) in [5.74, 6) is -0.559. The van der Waals surface area contributed by atoms with Gasteiger partial charge in [0, 0.05) is 12.6 Å². The van der Waals surface area contributed by atoms with Gasteiger partial charge in [-0.2, -0.15) is 0 Å². The SMILES string of the molecule is CC(=O)c1sc(NC(=O)CSc2nnc(CS(=O)(=O)c3ccc(C)cc3)n2-c2ccccc2)nc1C. The lowest BCUT2D eigenvalue weighted by atomic mass is 10.2. The molecule has 9 nitrogen and oxygen atoms in total. The number of thiazole rings is 1. The van der Waals surface area contributed by atoms with Crippen molar-refractivity contribution in [2.24, 2.45) is 0 Å². The lowest BCUT2D eigenvalue weighted by Gasteiger charge is -2.11. The molecule has 0 aliphatic heterocycles. The topological polar surface area (TPSA) is 124 Å². The maximum absolute atomic E-state index is 13.1. The number of anilines is 1. The van der Waals surface area contributed by atoms with Crippen LogP contribution >= 0.6 is 23.1 Å². The minimum absolute atomic E-state index is 0.0102. The van der Waals surface area contributed by atoms with Crippen molar-refractivity contribution in [1.82, 2.24) is 19.7 Å². The first-order valence-electron chi connectivity index (χ1n) is 10.8. The molecule has 2 aromatic heterocycles. The molecule has 0 saturated carbocycles. The molecule has 0 atom stereocenters. The lowest BCUT2D eigenvalue weighted by molar-refractivity contribution is -0.113. The van der Waals surface area contributed by atoms with E-state index in [2.05, 4.69) is 20.5 Å². The van der Waals surface area contributed by atoms with Gasteiger partial charge in [0.2, 0.25) is 5.91 Å². The fourth-order valence-electron chi connectivity index (χ4n) is 3.38. The van der Waals surface area contributed by atoms with Crippen LogP contribution in [0.2, 0.25) is 0 Å². The standard InChI is InChI=1S/C24H23N5O4S3/c1-15-9-11-19(12-10-15)36(32,33)14-20-27-28-24(29(20)18-7-5-4-6-8-18)34-13-21(31)26-23-25-16(2)22(35-23)17(3)30/h4-12H,13-14H2,1-3H3,(H,25,26,31). The number of nitrogens with zero attached hydrogens (tertiary/aromatic N) is 4. The molecule has 0 unspecified atom stereocenters. The van der Waals surface area contributed by atoms with E-state index in [-0.39, 0.29) is 33.9 Å². The summed E-state index contributed by atoms with van der Waals surface area (Å²) in [7, 11) is -3.67. The third-order valence-electron chi connectivity index (χ3n) is 5.11. The monoisotopic (exact) mass is 541 g/mol. The predicted molar refractivity (Wildman–Crippen MR) is 140 cm³/mol. The Morgan fingerprint density at radius 3 is 2.36 bits per heavy atom. The van der Waals surface area contributed by atoms with Crippen molar-refractivity contribution in [1.29, 1.82) is 0 Å². The van der Waals surface area contributed by atoms with Gasteiger partial charge in [-0.15, -0.1) is 10.2 Å². The van der Waals surface area contributed by atoms with Crippen LogP contribution in [-0.2, 0) is 20.4 Å². The number of carbonyl (C=O) groups is 2. The molecule has 4 aromatic rings. The normalized spacial score (nSPS) is 11.4. The number of Topliss-reactive ketones (excluding diaryl/α,β-unsaturated/α-hetero) is 1. The molecule has 0 aliphatic carbocycles. The van der Waals surface area contributed by atoms with E-state index >= 15 is 0 Å². The fourth-order valence-corrected chi connectivity index (χ4v) is 6.28. The molecule has 2 heterocycles. The average Bonchev–Trinajstić information content (AvgIpc) is 3.40. The van der Waals surface area contributed by atoms with Gasteiger partial charge in [0.25, 0.3) is 0 Å². The summed E-state index contributed by atoms with van der Waals surface area (Å²) in [5, 5.41) is 11.8. The van der Waals surface area contributed by atoms with Gasteiger partial charge >= 0.3 is 0 Å². The third-order valence-corrected chi connectivity index (χ3v) is 8.84. The summed E-state index contributed by atoms with van der Waals surface area (Å²) < 4.78 is 27.8. The fraction of sp³-hybridized carbons (Fsp3) is 0.208. The van der Waals surface area contributed by atoms with Crippen LogP contribution in [0.25, 0.3) is 5.69 Å². The highest BCUT2D eigenvalue weighted by Gasteiger charge is 2.23. The zero-order chi connectivity index (χ0) is 25.9. The Kier molecular flexibility index (Phi) is 7.67. The smallest absolute Gasteiger partial charge is 0.236 e. The van der Waals surface area contributed by atoms with Gasteiger partial charge < -0.3 is 5.32 Å². The summed E-state index contributed by atoms with van der Waals surface area (Å²) >= 11 is 2.25. The number of rotatable bonds is 9. The Balaban J connectivity index is 1.55. The number of sulfone groups is 1. The van der Waals surface area contributed by atoms with Crippen LogP contribution in [0.15, 0.2) is 64.6 Å². The van der Waals surface area contributed by atoms with E-state index in [9.17, 15) is 18.0 Å². The van der Waals surface area contributed by atoms with Crippen LogP contribution in [0.3, 0.4) is 0 Å². The van der Waals surface area contributed by atoms with Gasteiger partial charge in [-0.25, -0.2) is 13.4 Å². The first kappa shape index (κ1) is 25.7. The van der Waals surface area contributed by atoms with Gasteiger partial charge in [0.05, 0.1) is 21.2 Å². The minimum Gasteiger partial charge on any atom is -0.301 e. The third kappa shape index (κ3) is 5.89. The van der Waals surface area contributed by atoms with Crippen LogP contribution in [-0.4, -0.2) is 45.6 Å². The van der Waals surface area contributed by atoms with E-state index in [1.807, 2.05) is 37.3 Å². The van der Waals surface area contributed by atoms with Gasteiger partial charge in [-0.1, -0.05) is 59.0 Å². The molecule has 2 aromatic carbocycles. The number of thioether (sulfide) groups is 1. The highest BCUT2D eigenvalue weighted by molar-refractivity contribution is 7.99. The average molecular weight is 542 g/mol. The van der Waals surface area contributed by atoms with E-state index in [0.29, 0.717) is 26.5 Å². The van der Waals surface area contributed by atoms with Crippen LogP contribution in [0.4, 0.5) is 5.13 Å². The number of aromatic nitrogens is 4. The van der Waals surface area contributed by atoms with Crippen molar-refractivity contribution < 1.29 is 18.0 Å². The second-order valence-corrected chi connectivity index (χ2v) is 11.9. The molecule has 1 N–H and O–H groups in total. The molecule has 0 radical (unpaired) electrons. The van der Waals surface area contributed by atoms with Crippen molar-refractivity contribution >= 4 is 49.8 Å². The Labute approximate surface area is 216 Å². The molecule has 36 heavy (non-hydrogen) atoms. The lowest BCUT2D eigenvalue weighted by Crippen LogP contribution is -2.15. The second-order valence-electron chi connectivity index (χ2n) is 7.97. The van der Waals surface area contributed by atoms with Crippen LogP contribution < -0.4 is 5.32 Å². The first-order chi connectivity index (χ1) is 17.1. The molecular weight excluding hydrogens is 518 g/mol. The van der Waals surface area contributed by atoms with Crippen LogP contribution in [0.1, 0.15) is 33.7 Å². The summed E-state index contributed by atoms with van der Waals surface area (Å²) in [6.07, 6.45) is 0. The van der Waals surface area contributed by atoms with E-state index in [0.717, 1.165) is 28.7 Å². The molecule has 0 bridgehead atoms. The summed E-state index contributed by atoms with van der Waals surface area (Å²) in [5.41, 5.74) is 2.21. The minimum atomic E-state index is -3.67. The van der Waals surface area contributed by atoms with E-state index in [1.54, 1.807) is 35.8 Å². The highest BCUT2D eigenvalue weighted by Crippen LogP contribution is 2.26. The first-order valence-corrected chi connectivity index (χ1v) is 14.3. The largest absolute Gasteiger partial charge is 0.301 e.